The summed E-state index contributed by atoms with van der Waals surface area (Å²) in [7, 11) is 1.90. The molecule has 0 bridgehead atoms. The van der Waals surface area contributed by atoms with Crippen LogP contribution in [0.1, 0.15) is 5.56 Å². The molecule has 2 rings (SSSR count). The van der Waals surface area contributed by atoms with E-state index < -0.39 is 0 Å². The number of benzene rings is 2. The molecule has 0 unspecified atom stereocenters. The summed E-state index contributed by atoms with van der Waals surface area (Å²) in [5.74, 6) is 1.12. The van der Waals surface area contributed by atoms with E-state index in [4.69, 9.17) is 39.5 Å². The Labute approximate surface area is 141 Å². The SMILES string of the molecule is CNCc1ccc(Oc2cc(Cl)c(Cl)cc2Cl)c(Br)c1. The molecule has 0 radical (unpaired) electrons. The highest BCUT2D eigenvalue weighted by molar-refractivity contribution is 9.10. The molecule has 0 saturated heterocycles. The number of rotatable bonds is 4. The molecule has 2 aromatic rings. The monoisotopic (exact) mass is 393 g/mol. The van der Waals surface area contributed by atoms with Crippen LogP contribution >= 0.6 is 50.7 Å². The lowest BCUT2D eigenvalue weighted by atomic mass is 10.2. The van der Waals surface area contributed by atoms with Gasteiger partial charge in [0.05, 0.1) is 19.5 Å². The van der Waals surface area contributed by atoms with Crippen LogP contribution in [-0.2, 0) is 6.54 Å². The summed E-state index contributed by atoms with van der Waals surface area (Å²) in [4.78, 5) is 0. The van der Waals surface area contributed by atoms with Crippen molar-refractivity contribution in [2.75, 3.05) is 7.05 Å². The number of hydrogen-bond acceptors (Lipinski definition) is 2. The molecule has 20 heavy (non-hydrogen) atoms. The van der Waals surface area contributed by atoms with E-state index in [9.17, 15) is 0 Å². The molecule has 1 N–H and O–H groups in total. The third-order valence-corrected chi connectivity index (χ3v) is 4.21. The minimum absolute atomic E-state index is 0.396. The van der Waals surface area contributed by atoms with Crippen molar-refractivity contribution in [3.05, 3.63) is 55.4 Å². The normalized spacial score (nSPS) is 10.7. The van der Waals surface area contributed by atoms with Crippen molar-refractivity contribution in [3.8, 4) is 11.5 Å². The quantitative estimate of drug-likeness (QED) is 0.649. The lowest BCUT2D eigenvalue weighted by molar-refractivity contribution is 0.479. The summed E-state index contributed by atoms with van der Waals surface area (Å²) in [6.45, 7) is 0.784. The van der Waals surface area contributed by atoms with E-state index in [1.807, 2.05) is 25.2 Å². The fraction of sp³-hybridized carbons (Fsp3) is 0.143. The third-order valence-electron chi connectivity index (χ3n) is 2.57. The maximum absolute atomic E-state index is 6.09. The van der Waals surface area contributed by atoms with Crippen LogP contribution in [-0.4, -0.2) is 7.05 Å². The molecular weight excluding hydrogens is 384 g/mol. The number of halogens is 4. The molecule has 0 saturated carbocycles. The first-order valence-electron chi connectivity index (χ1n) is 5.76. The first-order chi connectivity index (χ1) is 9.51. The maximum atomic E-state index is 6.09. The minimum Gasteiger partial charge on any atom is -0.455 e. The van der Waals surface area contributed by atoms with Crippen molar-refractivity contribution in [1.82, 2.24) is 5.32 Å². The van der Waals surface area contributed by atoms with Crippen LogP contribution in [0.4, 0.5) is 0 Å². The lowest BCUT2D eigenvalue weighted by Crippen LogP contribution is -2.04. The van der Waals surface area contributed by atoms with Crippen LogP contribution in [0.15, 0.2) is 34.8 Å². The highest BCUT2D eigenvalue weighted by atomic mass is 79.9. The van der Waals surface area contributed by atoms with E-state index >= 15 is 0 Å². The van der Waals surface area contributed by atoms with Gasteiger partial charge in [0.25, 0.3) is 0 Å². The number of ether oxygens (including phenoxy) is 1. The standard InChI is InChI=1S/C14H11BrCl3NO/c1-19-7-8-2-3-13(9(15)4-8)20-14-6-11(17)10(16)5-12(14)18/h2-6,19H,7H2,1H3. The second-order valence-corrected chi connectivity index (χ2v) is 6.17. The summed E-state index contributed by atoms with van der Waals surface area (Å²) in [5.41, 5.74) is 1.15. The molecule has 0 aliphatic carbocycles. The highest BCUT2D eigenvalue weighted by Crippen LogP contribution is 2.38. The second kappa shape index (κ2) is 7.01. The molecule has 6 heteroatoms. The Balaban J connectivity index is 2.28. The van der Waals surface area contributed by atoms with E-state index in [0.717, 1.165) is 16.6 Å². The van der Waals surface area contributed by atoms with Gasteiger partial charge in [-0.1, -0.05) is 40.9 Å². The average molecular weight is 396 g/mol. The van der Waals surface area contributed by atoms with Gasteiger partial charge in [0.1, 0.15) is 11.5 Å². The number of nitrogens with one attached hydrogen (secondary N) is 1. The van der Waals surface area contributed by atoms with Crippen molar-refractivity contribution in [1.29, 1.82) is 0 Å². The van der Waals surface area contributed by atoms with E-state index in [1.54, 1.807) is 12.1 Å². The predicted octanol–water partition coefficient (Wildman–Crippen LogP) is 5.92. The lowest BCUT2D eigenvalue weighted by Gasteiger charge is -2.11. The Hall–Kier alpha value is -0.450. The van der Waals surface area contributed by atoms with Gasteiger partial charge in [0.2, 0.25) is 0 Å². The van der Waals surface area contributed by atoms with E-state index in [2.05, 4.69) is 21.2 Å². The molecule has 0 aliphatic heterocycles. The van der Waals surface area contributed by atoms with Gasteiger partial charge in [0, 0.05) is 12.6 Å². The topological polar surface area (TPSA) is 21.3 Å². The molecule has 0 heterocycles. The fourth-order valence-electron chi connectivity index (χ4n) is 1.64. The van der Waals surface area contributed by atoms with Crippen molar-refractivity contribution in [2.24, 2.45) is 0 Å². The fourth-order valence-corrected chi connectivity index (χ4v) is 2.72. The van der Waals surface area contributed by atoms with Crippen LogP contribution < -0.4 is 10.1 Å². The minimum atomic E-state index is 0.396. The number of hydrogen-bond donors (Lipinski definition) is 1. The van der Waals surface area contributed by atoms with Gasteiger partial charge >= 0.3 is 0 Å². The first-order valence-corrected chi connectivity index (χ1v) is 7.69. The zero-order valence-electron chi connectivity index (χ0n) is 10.5. The Morgan fingerprint density at radius 2 is 1.70 bits per heavy atom. The molecule has 0 fully saturated rings. The van der Waals surface area contributed by atoms with Crippen molar-refractivity contribution in [2.45, 2.75) is 6.54 Å². The van der Waals surface area contributed by atoms with Gasteiger partial charge < -0.3 is 10.1 Å². The Morgan fingerprint density at radius 1 is 1.00 bits per heavy atom. The Bertz CT molecular complexity index is 634. The van der Waals surface area contributed by atoms with Crippen molar-refractivity contribution in [3.63, 3.8) is 0 Å². The van der Waals surface area contributed by atoms with Gasteiger partial charge in [-0.3, -0.25) is 0 Å². The summed E-state index contributed by atoms with van der Waals surface area (Å²) in [5, 5.41) is 4.29. The Morgan fingerprint density at radius 3 is 2.35 bits per heavy atom. The van der Waals surface area contributed by atoms with Gasteiger partial charge in [0.15, 0.2) is 0 Å². The average Bonchev–Trinajstić information content (AvgIpc) is 2.39. The molecule has 2 aromatic carbocycles. The van der Waals surface area contributed by atoms with E-state index in [1.165, 1.54) is 0 Å². The first kappa shape index (κ1) is 15.9. The summed E-state index contributed by atoms with van der Waals surface area (Å²) < 4.78 is 6.61. The van der Waals surface area contributed by atoms with Crippen LogP contribution in [0.5, 0.6) is 11.5 Å². The molecule has 106 valence electrons. The van der Waals surface area contributed by atoms with Crippen molar-refractivity contribution >= 4 is 50.7 Å². The zero-order chi connectivity index (χ0) is 14.7. The highest BCUT2D eigenvalue weighted by Gasteiger charge is 2.10. The van der Waals surface area contributed by atoms with E-state index in [0.29, 0.717) is 26.6 Å². The predicted molar refractivity (Wildman–Crippen MR) is 88.5 cm³/mol. The summed E-state index contributed by atoms with van der Waals surface area (Å²) >= 11 is 21.4. The largest absolute Gasteiger partial charge is 0.455 e. The Kier molecular flexibility index (Phi) is 5.58. The molecular formula is C14H11BrCl3NO. The van der Waals surface area contributed by atoms with Crippen LogP contribution in [0.25, 0.3) is 0 Å². The van der Waals surface area contributed by atoms with Crippen molar-refractivity contribution < 1.29 is 4.74 Å². The molecule has 2 nitrogen and oxygen atoms in total. The van der Waals surface area contributed by atoms with Gasteiger partial charge in [-0.2, -0.15) is 0 Å². The maximum Gasteiger partial charge on any atom is 0.147 e. The zero-order valence-corrected chi connectivity index (χ0v) is 14.4. The molecule has 0 aromatic heterocycles. The van der Waals surface area contributed by atoms with Crippen LogP contribution in [0.2, 0.25) is 15.1 Å². The van der Waals surface area contributed by atoms with E-state index in [-0.39, 0.29) is 0 Å². The molecule has 0 aliphatic rings. The van der Waals surface area contributed by atoms with Gasteiger partial charge in [-0.15, -0.1) is 0 Å². The van der Waals surface area contributed by atoms with Crippen LogP contribution in [0, 0.1) is 0 Å². The second-order valence-electron chi connectivity index (χ2n) is 4.09. The molecule has 0 amide bonds. The molecule has 0 atom stereocenters. The van der Waals surface area contributed by atoms with Crippen LogP contribution in [0.3, 0.4) is 0 Å². The third kappa shape index (κ3) is 3.80. The summed E-state index contributed by atoms with van der Waals surface area (Å²) in [6, 6.07) is 8.99. The molecule has 0 spiro atoms. The van der Waals surface area contributed by atoms with Gasteiger partial charge in [-0.25, -0.2) is 0 Å². The van der Waals surface area contributed by atoms with Gasteiger partial charge in [-0.05, 0) is 46.7 Å². The smallest absolute Gasteiger partial charge is 0.147 e. The summed E-state index contributed by atoms with van der Waals surface area (Å²) in [6.07, 6.45) is 0.